The molecule has 0 spiro atoms. The van der Waals surface area contributed by atoms with Gasteiger partial charge in [0.2, 0.25) is 0 Å². The number of benzene rings is 1. The molecule has 0 bridgehead atoms. The summed E-state index contributed by atoms with van der Waals surface area (Å²) in [7, 11) is 1.59. The van der Waals surface area contributed by atoms with E-state index in [4.69, 9.17) is 9.84 Å². The number of methoxy groups -OCH3 is 1. The average Bonchev–Trinajstić information content (AvgIpc) is 3.10. The molecule has 1 aliphatic rings. The van der Waals surface area contributed by atoms with Crippen molar-refractivity contribution in [3.63, 3.8) is 0 Å². The third-order valence-electron chi connectivity index (χ3n) is 2.75. The molecule has 1 unspecified atom stereocenters. The second-order valence-corrected chi connectivity index (χ2v) is 4.03. The van der Waals surface area contributed by atoms with Gasteiger partial charge < -0.3 is 15.2 Å². The lowest BCUT2D eigenvalue weighted by molar-refractivity contribution is -0.138. The Morgan fingerprint density at radius 1 is 1.56 bits per heavy atom. The molecule has 0 saturated heterocycles. The number of hydrogen-bond donors (Lipinski definition) is 2. The van der Waals surface area contributed by atoms with Crippen LogP contribution < -0.4 is 10.1 Å². The maximum absolute atomic E-state index is 11.0. The Hall–Kier alpha value is -1.71. The Labute approximate surface area is 94.2 Å². The summed E-state index contributed by atoms with van der Waals surface area (Å²) >= 11 is 0. The molecule has 16 heavy (non-hydrogen) atoms. The van der Waals surface area contributed by atoms with Crippen molar-refractivity contribution in [1.29, 1.82) is 0 Å². The molecule has 2 N–H and O–H groups in total. The van der Waals surface area contributed by atoms with Gasteiger partial charge in [0.15, 0.2) is 0 Å². The van der Waals surface area contributed by atoms with E-state index in [1.54, 1.807) is 13.2 Å². The molecule has 0 aliphatic heterocycles. The zero-order valence-electron chi connectivity index (χ0n) is 9.14. The van der Waals surface area contributed by atoms with E-state index >= 15 is 0 Å². The first-order valence-electron chi connectivity index (χ1n) is 5.34. The van der Waals surface area contributed by atoms with Crippen LogP contribution in [0.5, 0.6) is 5.75 Å². The summed E-state index contributed by atoms with van der Waals surface area (Å²) in [5.74, 6) is 0.207. The molecule has 1 fully saturated rings. The quantitative estimate of drug-likeness (QED) is 0.798. The first-order chi connectivity index (χ1) is 7.70. The summed E-state index contributed by atoms with van der Waals surface area (Å²) in [6, 6.07) is 6.84. The first kappa shape index (κ1) is 10.8. The lowest BCUT2D eigenvalue weighted by Crippen LogP contribution is -2.31. The number of anilines is 1. The van der Waals surface area contributed by atoms with Crippen LogP contribution in [0.1, 0.15) is 12.8 Å². The summed E-state index contributed by atoms with van der Waals surface area (Å²) in [5, 5.41) is 12.1. The van der Waals surface area contributed by atoms with Crippen LogP contribution in [0.25, 0.3) is 0 Å². The van der Waals surface area contributed by atoms with E-state index in [9.17, 15) is 4.79 Å². The van der Waals surface area contributed by atoms with Gasteiger partial charge in [-0.3, -0.25) is 0 Å². The van der Waals surface area contributed by atoms with Crippen LogP contribution in [0.3, 0.4) is 0 Å². The van der Waals surface area contributed by atoms with Crippen molar-refractivity contribution in [3.05, 3.63) is 24.3 Å². The lowest BCUT2D eigenvalue weighted by atomic mass is 10.1. The Morgan fingerprint density at radius 3 is 2.88 bits per heavy atom. The minimum atomic E-state index is -0.787. The molecule has 0 amide bonds. The average molecular weight is 221 g/mol. The van der Waals surface area contributed by atoms with Gasteiger partial charge in [-0.15, -0.1) is 0 Å². The molecule has 1 atom stereocenters. The van der Waals surface area contributed by atoms with Gasteiger partial charge in [0.25, 0.3) is 0 Å². The second-order valence-electron chi connectivity index (χ2n) is 4.03. The topological polar surface area (TPSA) is 58.6 Å². The number of carboxylic acid groups (broad SMARTS) is 1. The Bertz CT molecular complexity index is 388. The molecule has 2 rings (SSSR count). The predicted molar refractivity (Wildman–Crippen MR) is 60.8 cm³/mol. The van der Waals surface area contributed by atoms with Gasteiger partial charge in [0, 0.05) is 11.8 Å². The fourth-order valence-electron chi connectivity index (χ4n) is 1.70. The third-order valence-corrected chi connectivity index (χ3v) is 2.75. The molecule has 4 heteroatoms. The van der Waals surface area contributed by atoms with Crippen molar-refractivity contribution < 1.29 is 14.6 Å². The van der Waals surface area contributed by atoms with Crippen LogP contribution in [-0.2, 0) is 4.79 Å². The van der Waals surface area contributed by atoms with Crippen molar-refractivity contribution >= 4 is 11.7 Å². The van der Waals surface area contributed by atoms with Crippen molar-refractivity contribution in [2.75, 3.05) is 12.4 Å². The zero-order valence-corrected chi connectivity index (χ0v) is 9.14. The van der Waals surface area contributed by atoms with Crippen LogP contribution in [-0.4, -0.2) is 24.2 Å². The number of carboxylic acids is 1. The smallest absolute Gasteiger partial charge is 0.326 e. The maximum Gasteiger partial charge on any atom is 0.326 e. The van der Waals surface area contributed by atoms with Gasteiger partial charge in [-0.1, -0.05) is 6.07 Å². The van der Waals surface area contributed by atoms with Crippen LogP contribution in [0.2, 0.25) is 0 Å². The molecule has 1 aromatic carbocycles. The fraction of sp³-hybridized carbons (Fsp3) is 0.417. The highest BCUT2D eigenvalue weighted by atomic mass is 16.5. The SMILES string of the molecule is COc1cccc(NC(C(=O)O)C2CC2)c1. The Morgan fingerprint density at radius 2 is 2.31 bits per heavy atom. The molecule has 0 heterocycles. The van der Waals surface area contributed by atoms with Gasteiger partial charge in [0.1, 0.15) is 11.8 Å². The van der Waals surface area contributed by atoms with E-state index in [0.29, 0.717) is 0 Å². The van der Waals surface area contributed by atoms with E-state index in [2.05, 4.69) is 5.32 Å². The van der Waals surface area contributed by atoms with E-state index < -0.39 is 12.0 Å². The van der Waals surface area contributed by atoms with Crippen molar-refractivity contribution in [1.82, 2.24) is 0 Å². The number of aliphatic carboxylic acids is 1. The summed E-state index contributed by atoms with van der Waals surface area (Å²) in [5.41, 5.74) is 0.790. The second kappa shape index (κ2) is 4.43. The molecular weight excluding hydrogens is 206 g/mol. The molecule has 1 aromatic rings. The minimum absolute atomic E-state index is 0.267. The number of carbonyl (C=O) groups is 1. The van der Waals surface area contributed by atoms with Gasteiger partial charge in [-0.05, 0) is 30.9 Å². The van der Waals surface area contributed by atoms with Crippen LogP contribution in [0.4, 0.5) is 5.69 Å². The summed E-state index contributed by atoms with van der Waals surface area (Å²) in [6.45, 7) is 0. The predicted octanol–water partition coefficient (Wildman–Crippen LogP) is 1.97. The molecule has 4 nitrogen and oxygen atoms in total. The number of hydrogen-bond acceptors (Lipinski definition) is 3. The van der Waals surface area contributed by atoms with Crippen LogP contribution in [0, 0.1) is 5.92 Å². The largest absolute Gasteiger partial charge is 0.497 e. The fourth-order valence-corrected chi connectivity index (χ4v) is 1.70. The van der Waals surface area contributed by atoms with Crippen molar-refractivity contribution in [3.8, 4) is 5.75 Å². The summed E-state index contributed by atoms with van der Waals surface area (Å²) < 4.78 is 5.09. The number of ether oxygens (including phenoxy) is 1. The minimum Gasteiger partial charge on any atom is -0.497 e. The Kier molecular flexibility index (Phi) is 2.99. The highest BCUT2D eigenvalue weighted by molar-refractivity contribution is 5.78. The van der Waals surface area contributed by atoms with E-state index in [1.165, 1.54) is 0 Å². The maximum atomic E-state index is 11.0. The zero-order chi connectivity index (χ0) is 11.5. The first-order valence-corrected chi connectivity index (χ1v) is 5.34. The van der Waals surface area contributed by atoms with Gasteiger partial charge in [-0.25, -0.2) is 4.79 Å². The van der Waals surface area contributed by atoms with Crippen LogP contribution >= 0.6 is 0 Å². The van der Waals surface area contributed by atoms with Crippen molar-refractivity contribution in [2.45, 2.75) is 18.9 Å². The Balaban J connectivity index is 2.08. The third kappa shape index (κ3) is 2.45. The lowest BCUT2D eigenvalue weighted by Gasteiger charge is -2.15. The number of nitrogens with one attached hydrogen (secondary N) is 1. The van der Waals surface area contributed by atoms with Crippen LogP contribution in [0.15, 0.2) is 24.3 Å². The molecule has 0 aromatic heterocycles. The van der Waals surface area contributed by atoms with Gasteiger partial charge in [-0.2, -0.15) is 0 Å². The number of rotatable bonds is 5. The summed E-state index contributed by atoms with van der Waals surface area (Å²) in [6.07, 6.45) is 1.99. The van der Waals surface area contributed by atoms with E-state index in [-0.39, 0.29) is 5.92 Å². The molecule has 0 radical (unpaired) electrons. The molecule has 86 valence electrons. The summed E-state index contributed by atoms with van der Waals surface area (Å²) in [4.78, 5) is 11.0. The standard InChI is InChI=1S/C12H15NO3/c1-16-10-4-2-3-9(7-10)13-11(12(14)15)8-5-6-8/h2-4,7-8,11,13H,5-6H2,1H3,(H,14,15). The van der Waals surface area contributed by atoms with Crippen molar-refractivity contribution in [2.24, 2.45) is 5.92 Å². The monoisotopic (exact) mass is 221 g/mol. The van der Waals surface area contributed by atoms with Gasteiger partial charge in [0.05, 0.1) is 7.11 Å². The van der Waals surface area contributed by atoms with E-state index in [1.807, 2.05) is 18.2 Å². The molecule has 1 aliphatic carbocycles. The highest BCUT2D eigenvalue weighted by Crippen LogP contribution is 2.34. The molecule has 1 saturated carbocycles. The highest BCUT2D eigenvalue weighted by Gasteiger charge is 2.36. The van der Waals surface area contributed by atoms with Gasteiger partial charge >= 0.3 is 5.97 Å². The normalized spacial score (nSPS) is 16.6. The molecular formula is C12H15NO3. The van der Waals surface area contributed by atoms with E-state index in [0.717, 1.165) is 24.3 Å².